The lowest BCUT2D eigenvalue weighted by atomic mass is 9.79. The van der Waals surface area contributed by atoms with Crippen LogP contribution in [-0.2, 0) is 14.4 Å². The fourth-order valence-corrected chi connectivity index (χ4v) is 3.47. The first kappa shape index (κ1) is 16.1. The number of esters is 1. The maximum Gasteiger partial charge on any atom is 0.303 e. The lowest BCUT2D eigenvalue weighted by Crippen LogP contribution is -2.50. The van der Waals surface area contributed by atoms with Gasteiger partial charge in [-0.15, -0.1) is 0 Å². The fraction of sp³-hybridized carbons (Fsp3) is 0.526. The molecule has 3 aliphatic rings. The van der Waals surface area contributed by atoms with Crippen molar-refractivity contribution in [3.8, 4) is 0 Å². The maximum atomic E-state index is 11.5. The van der Waals surface area contributed by atoms with E-state index in [1.54, 1.807) is 0 Å². The Morgan fingerprint density at radius 2 is 1.91 bits per heavy atom. The standard InChI is InChI=1S/C19H25NO3/c1-13-6-8-15(9-7-13)20-16-10-11-19(5,23-20)17(22-14(2)21)12-18(16,3)4/h6-11,16-17H,12H2,1-5H3/t16-,17+,19+/m0/s1. The highest BCUT2D eigenvalue weighted by molar-refractivity contribution is 5.66. The van der Waals surface area contributed by atoms with Crippen molar-refractivity contribution in [2.45, 2.75) is 58.8 Å². The molecule has 2 aliphatic heterocycles. The van der Waals surface area contributed by atoms with Gasteiger partial charge in [-0.05, 0) is 43.9 Å². The van der Waals surface area contributed by atoms with E-state index in [0.717, 1.165) is 12.1 Å². The molecule has 1 aliphatic carbocycles. The van der Waals surface area contributed by atoms with Gasteiger partial charge in [-0.3, -0.25) is 9.63 Å². The highest BCUT2D eigenvalue weighted by Crippen LogP contribution is 2.46. The molecule has 4 nitrogen and oxygen atoms in total. The lowest BCUT2D eigenvalue weighted by Gasteiger charge is -2.42. The molecule has 0 N–H and O–H groups in total. The Balaban J connectivity index is 2.01. The Labute approximate surface area is 138 Å². The van der Waals surface area contributed by atoms with Gasteiger partial charge >= 0.3 is 5.97 Å². The highest BCUT2D eigenvalue weighted by Gasteiger charge is 2.52. The lowest BCUT2D eigenvalue weighted by molar-refractivity contribution is -0.163. The van der Waals surface area contributed by atoms with Crippen LogP contribution in [0, 0.1) is 12.3 Å². The summed E-state index contributed by atoms with van der Waals surface area (Å²) in [6, 6.07) is 8.41. The molecule has 0 spiro atoms. The van der Waals surface area contributed by atoms with Gasteiger partial charge in [-0.2, -0.15) is 0 Å². The summed E-state index contributed by atoms with van der Waals surface area (Å²) in [7, 11) is 0. The van der Waals surface area contributed by atoms with Crippen LogP contribution < -0.4 is 5.06 Å². The van der Waals surface area contributed by atoms with Gasteiger partial charge in [0.2, 0.25) is 0 Å². The molecule has 124 valence electrons. The molecule has 2 heterocycles. The van der Waals surface area contributed by atoms with Crippen molar-refractivity contribution < 1.29 is 14.4 Å². The first-order valence-electron chi connectivity index (χ1n) is 8.13. The molecule has 0 unspecified atom stereocenters. The zero-order valence-electron chi connectivity index (χ0n) is 14.5. The first-order valence-corrected chi connectivity index (χ1v) is 8.13. The van der Waals surface area contributed by atoms with E-state index >= 15 is 0 Å². The van der Waals surface area contributed by atoms with Crippen LogP contribution in [0.2, 0.25) is 0 Å². The number of anilines is 1. The second kappa shape index (κ2) is 5.38. The average Bonchev–Trinajstić information content (AvgIpc) is 2.59. The molecule has 0 radical (unpaired) electrons. The summed E-state index contributed by atoms with van der Waals surface area (Å²) >= 11 is 0. The molecule has 1 aromatic rings. The van der Waals surface area contributed by atoms with E-state index in [-0.39, 0.29) is 23.5 Å². The second-order valence-electron chi connectivity index (χ2n) is 7.53. The molecule has 1 saturated heterocycles. The Morgan fingerprint density at radius 3 is 2.52 bits per heavy atom. The number of hydrogen-bond donors (Lipinski definition) is 0. The van der Waals surface area contributed by atoms with Gasteiger partial charge in [0, 0.05) is 6.92 Å². The average molecular weight is 315 g/mol. The summed E-state index contributed by atoms with van der Waals surface area (Å²) in [4.78, 5) is 17.9. The summed E-state index contributed by atoms with van der Waals surface area (Å²) in [5.74, 6) is -0.267. The predicted octanol–water partition coefficient (Wildman–Crippen LogP) is 3.79. The van der Waals surface area contributed by atoms with Crippen molar-refractivity contribution in [3.63, 3.8) is 0 Å². The minimum absolute atomic E-state index is 0.0875. The van der Waals surface area contributed by atoms with Crippen LogP contribution in [-0.4, -0.2) is 23.7 Å². The van der Waals surface area contributed by atoms with Crippen molar-refractivity contribution in [2.24, 2.45) is 5.41 Å². The van der Waals surface area contributed by atoms with E-state index in [0.29, 0.717) is 0 Å². The van der Waals surface area contributed by atoms with Crippen molar-refractivity contribution in [1.82, 2.24) is 0 Å². The molecule has 23 heavy (non-hydrogen) atoms. The van der Waals surface area contributed by atoms with Gasteiger partial charge in [-0.1, -0.05) is 37.6 Å². The number of carbonyl (C=O) groups excluding carboxylic acids is 1. The number of ether oxygens (including phenoxy) is 1. The van der Waals surface area contributed by atoms with E-state index in [2.05, 4.69) is 51.1 Å². The molecule has 1 aromatic carbocycles. The van der Waals surface area contributed by atoms with E-state index in [1.807, 2.05) is 18.1 Å². The van der Waals surface area contributed by atoms with Crippen molar-refractivity contribution in [3.05, 3.63) is 42.0 Å². The topological polar surface area (TPSA) is 38.8 Å². The zero-order valence-corrected chi connectivity index (χ0v) is 14.5. The first-order chi connectivity index (χ1) is 10.7. The Morgan fingerprint density at radius 1 is 1.26 bits per heavy atom. The van der Waals surface area contributed by atoms with Gasteiger partial charge in [0.05, 0.1) is 11.7 Å². The summed E-state index contributed by atoms with van der Waals surface area (Å²) in [5, 5.41) is 1.98. The van der Waals surface area contributed by atoms with Crippen molar-refractivity contribution in [1.29, 1.82) is 0 Å². The number of rotatable bonds is 2. The van der Waals surface area contributed by atoms with Crippen LogP contribution in [0.1, 0.15) is 39.7 Å². The molecule has 4 rings (SSSR count). The Kier molecular flexibility index (Phi) is 3.75. The Bertz CT molecular complexity index is 635. The summed E-state index contributed by atoms with van der Waals surface area (Å²) in [5.41, 5.74) is 1.50. The smallest absolute Gasteiger partial charge is 0.303 e. The summed E-state index contributed by atoms with van der Waals surface area (Å²) in [6.45, 7) is 9.90. The molecule has 1 fully saturated rings. The molecule has 0 aromatic heterocycles. The number of fused-ring (bicyclic) bond motifs is 3. The van der Waals surface area contributed by atoms with Crippen LogP contribution in [0.5, 0.6) is 0 Å². The number of hydroxylamine groups is 1. The normalized spacial score (nSPS) is 31.8. The van der Waals surface area contributed by atoms with Gasteiger partial charge < -0.3 is 4.74 Å². The van der Waals surface area contributed by atoms with Crippen LogP contribution in [0.15, 0.2) is 36.4 Å². The van der Waals surface area contributed by atoms with E-state index in [4.69, 9.17) is 9.57 Å². The number of aryl methyl sites for hydroxylation is 1. The SMILES string of the molecule is CC(=O)O[C@@H]1CC(C)(C)[C@@H]2C=C[C@@]1(C)ON2c1ccc(C)cc1. The molecular weight excluding hydrogens is 290 g/mol. The third-order valence-electron chi connectivity index (χ3n) is 4.91. The molecule has 0 amide bonds. The fourth-order valence-electron chi connectivity index (χ4n) is 3.47. The molecule has 4 heteroatoms. The van der Waals surface area contributed by atoms with Crippen LogP contribution in [0.4, 0.5) is 5.69 Å². The van der Waals surface area contributed by atoms with Crippen LogP contribution in [0.3, 0.4) is 0 Å². The van der Waals surface area contributed by atoms with E-state index in [9.17, 15) is 4.79 Å². The van der Waals surface area contributed by atoms with E-state index < -0.39 is 5.60 Å². The second-order valence-corrected chi connectivity index (χ2v) is 7.53. The van der Waals surface area contributed by atoms with Gasteiger partial charge in [0.25, 0.3) is 0 Å². The third kappa shape index (κ3) is 2.88. The third-order valence-corrected chi connectivity index (χ3v) is 4.91. The van der Waals surface area contributed by atoms with Crippen LogP contribution >= 0.6 is 0 Å². The van der Waals surface area contributed by atoms with Gasteiger partial charge in [0.15, 0.2) is 0 Å². The largest absolute Gasteiger partial charge is 0.459 e. The number of nitrogens with zero attached hydrogens (tertiary/aromatic N) is 1. The number of hydrogen-bond acceptors (Lipinski definition) is 4. The van der Waals surface area contributed by atoms with E-state index in [1.165, 1.54) is 12.5 Å². The molecule has 0 saturated carbocycles. The van der Waals surface area contributed by atoms with Gasteiger partial charge in [-0.25, -0.2) is 5.06 Å². The minimum Gasteiger partial charge on any atom is -0.459 e. The highest BCUT2D eigenvalue weighted by atomic mass is 16.7. The van der Waals surface area contributed by atoms with Crippen LogP contribution in [0.25, 0.3) is 0 Å². The predicted molar refractivity (Wildman–Crippen MR) is 90.0 cm³/mol. The molecule has 2 bridgehead atoms. The summed E-state index contributed by atoms with van der Waals surface area (Å²) in [6.07, 6.45) is 4.69. The molecular formula is C19H25NO3. The van der Waals surface area contributed by atoms with Gasteiger partial charge in [0.1, 0.15) is 11.7 Å². The maximum absolute atomic E-state index is 11.5. The Hall–Kier alpha value is -1.81. The number of carbonyl (C=O) groups is 1. The zero-order chi connectivity index (χ0) is 16.8. The van der Waals surface area contributed by atoms with Crippen molar-refractivity contribution in [2.75, 3.05) is 5.06 Å². The van der Waals surface area contributed by atoms with Crippen molar-refractivity contribution >= 4 is 11.7 Å². The monoisotopic (exact) mass is 315 g/mol. The quantitative estimate of drug-likeness (QED) is 0.615. The minimum atomic E-state index is -0.652. The summed E-state index contributed by atoms with van der Waals surface area (Å²) < 4.78 is 5.60. The number of benzene rings is 1. The molecule has 3 atom stereocenters.